The van der Waals surface area contributed by atoms with Gasteiger partial charge in [-0.25, -0.2) is 4.98 Å². The number of aryl methyl sites for hydroxylation is 3. The van der Waals surface area contributed by atoms with E-state index < -0.39 is 0 Å². The highest BCUT2D eigenvalue weighted by atomic mass is 16.1. The average Bonchev–Trinajstić information content (AvgIpc) is 2.97. The van der Waals surface area contributed by atoms with E-state index in [-0.39, 0.29) is 0 Å². The van der Waals surface area contributed by atoms with Crippen molar-refractivity contribution in [2.45, 2.75) is 25.8 Å². The first-order valence-corrected chi connectivity index (χ1v) is 5.94. The molecular formula is C14H14N2O. The van der Waals surface area contributed by atoms with E-state index in [0.717, 1.165) is 24.9 Å². The molecule has 0 radical (unpaired) electrons. The van der Waals surface area contributed by atoms with Gasteiger partial charge in [0.2, 0.25) is 0 Å². The predicted octanol–water partition coefficient (Wildman–Crippen LogP) is 2.25. The van der Waals surface area contributed by atoms with E-state index in [1.54, 1.807) is 6.20 Å². The number of hydrogen-bond donors (Lipinski definition) is 0. The molecule has 0 N–H and O–H groups in total. The molecule has 3 nitrogen and oxygen atoms in total. The second-order valence-corrected chi connectivity index (χ2v) is 4.47. The number of imidazole rings is 1. The Hall–Kier alpha value is -1.90. The molecule has 1 aliphatic rings. The molecule has 1 aromatic heterocycles. The number of benzene rings is 1. The maximum absolute atomic E-state index is 11.6. The lowest BCUT2D eigenvalue weighted by atomic mass is 10.0. The number of fused-ring (bicyclic) bond motifs is 1. The standard InChI is InChI=1S/C14H14N2O/c17-14-4-3-12-2-1-11(9-13(12)14)5-7-16-8-6-15-10-16/h1-2,6,8-10H,3-5,7H2. The van der Waals surface area contributed by atoms with Crippen molar-refractivity contribution in [3.05, 3.63) is 53.6 Å². The molecule has 86 valence electrons. The Balaban J connectivity index is 1.76. The molecular weight excluding hydrogens is 212 g/mol. The fraction of sp³-hybridized carbons (Fsp3) is 0.286. The molecule has 1 aliphatic carbocycles. The number of hydrogen-bond acceptors (Lipinski definition) is 2. The van der Waals surface area contributed by atoms with E-state index in [2.05, 4.69) is 27.8 Å². The Kier molecular flexibility index (Phi) is 2.52. The largest absolute Gasteiger partial charge is 0.337 e. The van der Waals surface area contributed by atoms with Crippen LogP contribution in [-0.2, 0) is 19.4 Å². The van der Waals surface area contributed by atoms with Gasteiger partial charge in [-0.15, -0.1) is 0 Å². The molecule has 0 saturated heterocycles. The highest BCUT2D eigenvalue weighted by Crippen LogP contribution is 2.23. The molecule has 0 fully saturated rings. The molecule has 0 amide bonds. The molecule has 0 unspecified atom stereocenters. The van der Waals surface area contributed by atoms with Crippen molar-refractivity contribution in [3.8, 4) is 0 Å². The Morgan fingerprint density at radius 1 is 1.29 bits per heavy atom. The summed E-state index contributed by atoms with van der Waals surface area (Å²) in [5.41, 5.74) is 3.38. The fourth-order valence-corrected chi connectivity index (χ4v) is 2.32. The summed E-state index contributed by atoms with van der Waals surface area (Å²) in [5.74, 6) is 0.296. The first-order chi connectivity index (χ1) is 8.33. The Morgan fingerprint density at radius 2 is 2.24 bits per heavy atom. The number of carbonyl (C=O) groups is 1. The molecule has 3 rings (SSSR count). The quantitative estimate of drug-likeness (QED) is 0.804. The zero-order chi connectivity index (χ0) is 11.7. The molecule has 0 atom stereocenters. The smallest absolute Gasteiger partial charge is 0.163 e. The molecule has 0 bridgehead atoms. The maximum atomic E-state index is 11.6. The second-order valence-electron chi connectivity index (χ2n) is 4.47. The van der Waals surface area contributed by atoms with Crippen molar-refractivity contribution >= 4 is 5.78 Å². The van der Waals surface area contributed by atoms with E-state index in [1.807, 2.05) is 12.5 Å². The van der Waals surface area contributed by atoms with Gasteiger partial charge in [0, 0.05) is 30.9 Å². The summed E-state index contributed by atoms with van der Waals surface area (Å²) in [4.78, 5) is 15.6. The van der Waals surface area contributed by atoms with E-state index in [9.17, 15) is 4.79 Å². The summed E-state index contributed by atoms with van der Waals surface area (Å²) in [7, 11) is 0. The highest BCUT2D eigenvalue weighted by Gasteiger charge is 2.18. The van der Waals surface area contributed by atoms with Gasteiger partial charge in [0.25, 0.3) is 0 Å². The van der Waals surface area contributed by atoms with Crippen molar-refractivity contribution in [3.63, 3.8) is 0 Å². The Labute approximate surface area is 100 Å². The Bertz CT molecular complexity index is 543. The third-order valence-corrected chi connectivity index (χ3v) is 3.31. The fourth-order valence-electron chi connectivity index (χ4n) is 2.32. The summed E-state index contributed by atoms with van der Waals surface area (Å²) in [5, 5.41) is 0. The lowest BCUT2D eigenvalue weighted by Gasteiger charge is -2.05. The summed E-state index contributed by atoms with van der Waals surface area (Å²) in [6.07, 6.45) is 8.09. The molecule has 17 heavy (non-hydrogen) atoms. The second kappa shape index (κ2) is 4.17. The van der Waals surface area contributed by atoms with Crippen molar-refractivity contribution in [1.29, 1.82) is 0 Å². The molecule has 1 aromatic carbocycles. The van der Waals surface area contributed by atoms with Gasteiger partial charge in [0.1, 0.15) is 0 Å². The van der Waals surface area contributed by atoms with Crippen molar-refractivity contribution in [1.82, 2.24) is 9.55 Å². The third kappa shape index (κ3) is 2.00. The van der Waals surface area contributed by atoms with Gasteiger partial charge in [-0.3, -0.25) is 4.79 Å². The Morgan fingerprint density at radius 3 is 3.06 bits per heavy atom. The minimum Gasteiger partial charge on any atom is -0.337 e. The van der Waals surface area contributed by atoms with E-state index in [4.69, 9.17) is 0 Å². The first-order valence-electron chi connectivity index (χ1n) is 5.94. The van der Waals surface area contributed by atoms with Gasteiger partial charge in [0.15, 0.2) is 5.78 Å². The lowest BCUT2D eigenvalue weighted by molar-refractivity contribution is 0.0994. The minimum absolute atomic E-state index is 0.296. The normalized spacial score (nSPS) is 14.0. The van der Waals surface area contributed by atoms with Gasteiger partial charge < -0.3 is 4.57 Å². The maximum Gasteiger partial charge on any atom is 0.163 e. The van der Waals surface area contributed by atoms with Crippen LogP contribution in [0, 0.1) is 0 Å². The van der Waals surface area contributed by atoms with Crippen LogP contribution in [0.5, 0.6) is 0 Å². The van der Waals surface area contributed by atoms with Crippen molar-refractivity contribution in [2.24, 2.45) is 0 Å². The summed E-state index contributed by atoms with van der Waals surface area (Å²) < 4.78 is 2.05. The summed E-state index contributed by atoms with van der Waals surface area (Å²) in [6.45, 7) is 0.910. The number of Topliss-reactive ketones (excluding diaryl/α,β-unsaturated/α-hetero) is 1. The lowest BCUT2D eigenvalue weighted by Crippen LogP contribution is -2.00. The minimum atomic E-state index is 0.296. The first kappa shape index (κ1) is 10.3. The van der Waals surface area contributed by atoms with E-state index >= 15 is 0 Å². The molecule has 3 heteroatoms. The highest BCUT2D eigenvalue weighted by molar-refractivity contribution is 6.00. The molecule has 0 aliphatic heterocycles. The van der Waals surface area contributed by atoms with Crippen LogP contribution in [0.4, 0.5) is 0 Å². The monoisotopic (exact) mass is 226 g/mol. The van der Waals surface area contributed by atoms with E-state index in [1.165, 1.54) is 11.1 Å². The molecule has 0 spiro atoms. The predicted molar refractivity (Wildman–Crippen MR) is 65.0 cm³/mol. The van der Waals surface area contributed by atoms with Crippen LogP contribution < -0.4 is 0 Å². The summed E-state index contributed by atoms with van der Waals surface area (Å²) >= 11 is 0. The number of aromatic nitrogens is 2. The van der Waals surface area contributed by atoms with Gasteiger partial charge >= 0.3 is 0 Å². The average molecular weight is 226 g/mol. The van der Waals surface area contributed by atoms with Gasteiger partial charge in [-0.05, 0) is 30.0 Å². The van der Waals surface area contributed by atoms with Crippen molar-refractivity contribution in [2.75, 3.05) is 0 Å². The van der Waals surface area contributed by atoms with Gasteiger partial charge in [0.05, 0.1) is 6.33 Å². The topological polar surface area (TPSA) is 34.9 Å². The molecule has 1 heterocycles. The molecule has 2 aromatic rings. The SMILES string of the molecule is O=C1CCc2ccc(CCn3ccnc3)cc21. The molecule has 0 saturated carbocycles. The summed E-state index contributed by atoms with van der Waals surface area (Å²) in [6, 6.07) is 6.29. The number of ketones is 1. The van der Waals surface area contributed by atoms with Crippen molar-refractivity contribution < 1.29 is 4.79 Å². The van der Waals surface area contributed by atoms with Crippen LogP contribution in [0.3, 0.4) is 0 Å². The van der Waals surface area contributed by atoms with Crippen LogP contribution in [0.15, 0.2) is 36.9 Å². The van der Waals surface area contributed by atoms with Crippen LogP contribution in [0.2, 0.25) is 0 Å². The number of carbonyl (C=O) groups excluding carboxylic acids is 1. The van der Waals surface area contributed by atoms with E-state index in [0.29, 0.717) is 12.2 Å². The van der Waals surface area contributed by atoms with Crippen LogP contribution in [0.25, 0.3) is 0 Å². The zero-order valence-corrected chi connectivity index (χ0v) is 9.60. The number of nitrogens with zero attached hydrogens (tertiary/aromatic N) is 2. The zero-order valence-electron chi connectivity index (χ0n) is 9.60. The van der Waals surface area contributed by atoms with Crippen LogP contribution in [0.1, 0.15) is 27.9 Å². The van der Waals surface area contributed by atoms with Gasteiger partial charge in [-0.2, -0.15) is 0 Å². The number of rotatable bonds is 3. The third-order valence-electron chi connectivity index (χ3n) is 3.31. The van der Waals surface area contributed by atoms with Gasteiger partial charge in [-0.1, -0.05) is 12.1 Å². The van der Waals surface area contributed by atoms with Crippen LogP contribution in [-0.4, -0.2) is 15.3 Å². The van der Waals surface area contributed by atoms with Crippen LogP contribution >= 0.6 is 0 Å².